The highest BCUT2D eigenvalue weighted by Gasteiger charge is 2.30. The van der Waals surface area contributed by atoms with E-state index in [0.29, 0.717) is 28.7 Å². The van der Waals surface area contributed by atoms with Gasteiger partial charge in [-0.3, -0.25) is 9.10 Å². The molecule has 0 aliphatic heterocycles. The van der Waals surface area contributed by atoms with Crippen molar-refractivity contribution in [1.29, 1.82) is 0 Å². The van der Waals surface area contributed by atoms with E-state index in [1.54, 1.807) is 43.3 Å². The minimum atomic E-state index is -4.24. The van der Waals surface area contributed by atoms with Crippen molar-refractivity contribution in [3.8, 4) is 23.0 Å². The van der Waals surface area contributed by atoms with Crippen LogP contribution in [0.1, 0.15) is 12.5 Å². The third-order valence-corrected chi connectivity index (χ3v) is 7.45. The summed E-state index contributed by atoms with van der Waals surface area (Å²) in [7, 11) is 0.0136. The predicted octanol–water partition coefficient (Wildman–Crippen LogP) is 4.91. The van der Waals surface area contributed by atoms with Crippen LogP contribution in [0.4, 0.5) is 11.4 Å². The lowest BCUT2D eigenvalue weighted by Gasteiger charge is -2.25. The molecule has 0 aromatic heterocycles. The van der Waals surface area contributed by atoms with Crippen molar-refractivity contribution in [2.24, 2.45) is 0 Å². The molecule has 0 saturated carbocycles. The van der Waals surface area contributed by atoms with E-state index >= 15 is 0 Å². The van der Waals surface area contributed by atoms with E-state index in [0.717, 1.165) is 4.31 Å². The van der Waals surface area contributed by atoms with Crippen molar-refractivity contribution in [3.63, 3.8) is 0 Å². The van der Waals surface area contributed by atoms with Crippen LogP contribution < -0.4 is 28.6 Å². The minimum Gasteiger partial charge on any atom is -0.495 e. The number of rotatable bonds is 11. The lowest BCUT2D eigenvalue weighted by atomic mass is 10.2. The average Bonchev–Trinajstić information content (AvgIpc) is 2.88. The number of benzene rings is 3. The molecule has 3 aromatic rings. The van der Waals surface area contributed by atoms with Gasteiger partial charge >= 0.3 is 0 Å². The number of ether oxygens (including phenoxy) is 4. The van der Waals surface area contributed by atoms with Crippen molar-refractivity contribution in [2.75, 3.05) is 44.1 Å². The van der Waals surface area contributed by atoms with Crippen molar-refractivity contribution >= 4 is 38.9 Å². The Labute approximate surface area is 221 Å². The van der Waals surface area contributed by atoms with Crippen molar-refractivity contribution in [3.05, 3.63) is 65.2 Å². The van der Waals surface area contributed by atoms with E-state index < -0.39 is 22.5 Å². The average molecular weight is 549 g/mol. The summed E-state index contributed by atoms with van der Waals surface area (Å²) in [6, 6.07) is 14.2. The zero-order valence-corrected chi connectivity index (χ0v) is 22.8. The predicted molar refractivity (Wildman–Crippen MR) is 143 cm³/mol. The summed E-state index contributed by atoms with van der Waals surface area (Å²) in [5, 5.41) is 2.99. The summed E-state index contributed by atoms with van der Waals surface area (Å²) in [5.74, 6) is 0.713. The second kappa shape index (κ2) is 12.1. The van der Waals surface area contributed by atoms with E-state index in [-0.39, 0.29) is 27.8 Å². The molecule has 37 heavy (non-hydrogen) atoms. The maximum Gasteiger partial charge on any atom is 0.268 e. The molecule has 3 rings (SSSR count). The number of aryl methyl sites for hydroxylation is 1. The van der Waals surface area contributed by atoms with Gasteiger partial charge in [0, 0.05) is 12.1 Å². The van der Waals surface area contributed by atoms with Crippen LogP contribution in [0.5, 0.6) is 23.0 Å². The molecular formula is C26H29ClN2O7S. The maximum atomic E-state index is 13.9. The van der Waals surface area contributed by atoms with Gasteiger partial charge < -0.3 is 24.3 Å². The molecule has 198 valence electrons. The number of hydrogen-bond donors (Lipinski definition) is 1. The fourth-order valence-electron chi connectivity index (χ4n) is 3.57. The zero-order valence-electron chi connectivity index (χ0n) is 21.2. The zero-order chi connectivity index (χ0) is 27.2. The molecule has 11 heteroatoms. The summed E-state index contributed by atoms with van der Waals surface area (Å²) in [4.78, 5) is 13.1. The highest BCUT2D eigenvalue weighted by atomic mass is 35.5. The number of anilines is 2. The standard InChI is InChI=1S/C26H29ClN2O7S/c1-6-36-19-10-8-18(9-11-19)29(37(31,32)25-13-17(2)7-12-22(25)33-3)16-26(30)28-21-15-23(34-4)20(27)14-24(21)35-5/h7-15H,6,16H2,1-5H3,(H,28,30). The van der Waals surface area contributed by atoms with E-state index in [1.165, 1.54) is 39.5 Å². The van der Waals surface area contributed by atoms with Gasteiger partial charge in [-0.1, -0.05) is 17.7 Å². The quantitative estimate of drug-likeness (QED) is 0.363. The number of carbonyl (C=O) groups excluding carboxylic acids is 1. The smallest absolute Gasteiger partial charge is 0.268 e. The van der Waals surface area contributed by atoms with Crippen LogP contribution in [0.15, 0.2) is 59.5 Å². The Balaban J connectivity index is 2.04. The number of nitrogens with one attached hydrogen (secondary N) is 1. The normalized spacial score (nSPS) is 11.0. The van der Waals surface area contributed by atoms with Crippen LogP contribution in [0.3, 0.4) is 0 Å². The van der Waals surface area contributed by atoms with Crippen LogP contribution >= 0.6 is 11.6 Å². The van der Waals surface area contributed by atoms with Crippen molar-refractivity contribution in [2.45, 2.75) is 18.7 Å². The Morgan fingerprint density at radius 1 is 0.919 bits per heavy atom. The minimum absolute atomic E-state index is 0.0672. The first-order valence-electron chi connectivity index (χ1n) is 11.3. The van der Waals surface area contributed by atoms with Gasteiger partial charge in [-0.2, -0.15) is 0 Å². The molecule has 9 nitrogen and oxygen atoms in total. The van der Waals surface area contributed by atoms with Gasteiger partial charge in [-0.25, -0.2) is 8.42 Å². The van der Waals surface area contributed by atoms with Gasteiger partial charge in [-0.05, 0) is 55.8 Å². The second-order valence-corrected chi connectivity index (χ2v) is 10.1. The molecule has 0 saturated heterocycles. The van der Waals surface area contributed by atoms with Crippen LogP contribution in [-0.2, 0) is 14.8 Å². The molecule has 0 fully saturated rings. The Morgan fingerprint density at radius 2 is 1.57 bits per heavy atom. The van der Waals surface area contributed by atoms with Gasteiger partial charge in [0.1, 0.15) is 34.4 Å². The number of nitrogens with zero attached hydrogens (tertiary/aromatic N) is 1. The number of sulfonamides is 1. The summed E-state index contributed by atoms with van der Waals surface area (Å²) in [5.41, 5.74) is 1.25. The van der Waals surface area contributed by atoms with Gasteiger partial charge in [0.05, 0.1) is 44.3 Å². The Bertz CT molecular complexity index is 1360. The Kier molecular flexibility index (Phi) is 9.12. The molecule has 0 atom stereocenters. The first-order valence-corrected chi connectivity index (χ1v) is 13.1. The summed E-state index contributed by atoms with van der Waals surface area (Å²) >= 11 is 6.16. The highest BCUT2D eigenvalue weighted by molar-refractivity contribution is 7.93. The maximum absolute atomic E-state index is 13.9. The number of halogens is 1. The largest absolute Gasteiger partial charge is 0.495 e. The first kappa shape index (κ1) is 27.9. The molecule has 0 bridgehead atoms. The third kappa shape index (κ3) is 6.39. The first-order chi connectivity index (χ1) is 17.6. The topological polar surface area (TPSA) is 103 Å². The molecule has 1 amide bonds. The summed E-state index contributed by atoms with van der Waals surface area (Å²) in [6.45, 7) is 3.53. The number of hydrogen-bond acceptors (Lipinski definition) is 7. The fourth-order valence-corrected chi connectivity index (χ4v) is 5.47. The second-order valence-electron chi connectivity index (χ2n) is 7.83. The number of amides is 1. The third-order valence-electron chi connectivity index (χ3n) is 5.36. The van der Waals surface area contributed by atoms with Crippen LogP contribution in [0.25, 0.3) is 0 Å². The van der Waals surface area contributed by atoms with E-state index in [2.05, 4.69) is 5.32 Å². The molecule has 0 radical (unpaired) electrons. The van der Waals surface area contributed by atoms with Crippen molar-refractivity contribution in [1.82, 2.24) is 0 Å². The SMILES string of the molecule is CCOc1ccc(N(CC(=O)Nc2cc(OC)c(Cl)cc2OC)S(=O)(=O)c2cc(C)ccc2OC)cc1. The van der Waals surface area contributed by atoms with Crippen LogP contribution in [0, 0.1) is 6.92 Å². The van der Waals surface area contributed by atoms with Crippen LogP contribution in [0.2, 0.25) is 5.02 Å². The van der Waals surface area contributed by atoms with Gasteiger partial charge in [-0.15, -0.1) is 0 Å². The molecule has 1 N–H and O–H groups in total. The van der Waals surface area contributed by atoms with E-state index in [4.69, 9.17) is 30.5 Å². The monoisotopic (exact) mass is 548 g/mol. The molecule has 0 aliphatic rings. The van der Waals surface area contributed by atoms with Gasteiger partial charge in [0.2, 0.25) is 5.91 Å². The molecular weight excluding hydrogens is 520 g/mol. The summed E-state index contributed by atoms with van der Waals surface area (Å²) < 4.78 is 50.2. The summed E-state index contributed by atoms with van der Waals surface area (Å²) in [6.07, 6.45) is 0. The van der Waals surface area contributed by atoms with E-state index in [9.17, 15) is 13.2 Å². The number of carbonyl (C=O) groups is 1. The van der Waals surface area contributed by atoms with Crippen molar-refractivity contribution < 1.29 is 32.2 Å². The highest BCUT2D eigenvalue weighted by Crippen LogP contribution is 2.36. The van der Waals surface area contributed by atoms with Gasteiger partial charge in [0.25, 0.3) is 10.0 Å². The fraction of sp³-hybridized carbons (Fsp3) is 0.269. The Hall–Kier alpha value is -3.63. The molecule has 0 spiro atoms. The number of methoxy groups -OCH3 is 3. The molecule has 0 heterocycles. The lowest BCUT2D eigenvalue weighted by Crippen LogP contribution is -2.38. The molecule has 3 aromatic carbocycles. The van der Waals surface area contributed by atoms with E-state index in [1.807, 2.05) is 6.92 Å². The molecule has 0 aliphatic carbocycles. The van der Waals surface area contributed by atoms with Crippen LogP contribution in [-0.4, -0.2) is 48.8 Å². The Morgan fingerprint density at radius 3 is 2.16 bits per heavy atom. The van der Waals surface area contributed by atoms with Gasteiger partial charge in [0.15, 0.2) is 0 Å². The molecule has 0 unspecified atom stereocenters. The lowest BCUT2D eigenvalue weighted by molar-refractivity contribution is -0.114.